The average molecular weight is 238 g/mol. The number of nitrogens with zero attached hydrogens (tertiary/aromatic N) is 2. The Bertz CT molecular complexity index is 351. The van der Waals surface area contributed by atoms with E-state index in [1.165, 1.54) is 0 Å². The second-order valence-electron chi connectivity index (χ2n) is 5.61. The fraction of sp³-hybridized carbons (Fsp3) is 0.833. The van der Waals surface area contributed by atoms with E-state index in [1.807, 2.05) is 6.92 Å². The third-order valence-electron chi connectivity index (χ3n) is 3.63. The molecule has 2 rings (SSSR count). The van der Waals surface area contributed by atoms with Crippen molar-refractivity contribution in [2.45, 2.75) is 31.8 Å². The van der Waals surface area contributed by atoms with Crippen LogP contribution in [0, 0.1) is 16.7 Å². The van der Waals surface area contributed by atoms with Crippen molar-refractivity contribution in [3.05, 3.63) is 0 Å². The van der Waals surface area contributed by atoms with Gasteiger partial charge >= 0.3 is 5.97 Å². The molecule has 0 aromatic carbocycles. The van der Waals surface area contributed by atoms with Crippen molar-refractivity contribution < 1.29 is 14.6 Å². The first kappa shape index (κ1) is 12.3. The summed E-state index contributed by atoms with van der Waals surface area (Å²) >= 11 is 0. The van der Waals surface area contributed by atoms with Crippen LogP contribution in [0.1, 0.15) is 26.2 Å². The van der Waals surface area contributed by atoms with E-state index in [4.69, 9.17) is 15.1 Å². The van der Waals surface area contributed by atoms with Gasteiger partial charge in [0, 0.05) is 26.1 Å². The molecule has 1 aliphatic heterocycles. The molecule has 0 atom stereocenters. The summed E-state index contributed by atoms with van der Waals surface area (Å²) in [5, 5.41) is 17.3. The number of aliphatic carboxylic acids is 1. The van der Waals surface area contributed by atoms with Crippen molar-refractivity contribution in [1.82, 2.24) is 4.90 Å². The van der Waals surface area contributed by atoms with E-state index < -0.39 is 5.97 Å². The molecule has 0 unspecified atom stereocenters. The molecule has 0 amide bonds. The molecule has 5 heteroatoms. The van der Waals surface area contributed by atoms with Crippen molar-refractivity contribution >= 4 is 5.97 Å². The molecule has 1 N–H and O–H groups in total. The number of carboxylic acid groups (broad SMARTS) is 1. The summed E-state index contributed by atoms with van der Waals surface area (Å²) in [7, 11) is 0. The second kappa shape index (κ2) is 4.28. The van der Waals surface area contributed by atoms with Crippen LogP contribution in [0.2, 0.25) is 0 Å². The van der Waals surface area contributed by atoms with Gasteiger partial charge in [0.15, 0.2) is 0 Å². The maximum atomic E-state index is 10.4. The van der Waals surface area contributed by atoms with E-state index in [0.29, 0.717) is 6.42 Å². The summed E-state index contributed by atoms with van der Waals surface area (Å²) in [6.45, 7) is 4.21. The van der Waals surface area contributed by atoms with E-state index in [2.05, 4.69) is 11.0 Å². The van der Waals surface area contributed by atoms with Crippen LogP contribution in [0.15, 0.2) is 0 Å². The van der Waals surface area contributed by atoms with Gasteiger partial charge in [-0.2, -0.15) is 5.26 Å². The fourth-order valence-electron chi connectivity index (χ4n) is 2.55. The molecule has 0 spiro atoms. The second-order valence-corrected chi connectivity index (χ2v) is 5.61. The zero-order chi connectivity index (χ0) is 12.5. The Balaban J connectivity index is 1.72. The summed E-state index contributed by atoms with van der Waals surface area (Å²) in [5.74, 6) is -0.923. The minimum absolute atomic E-state index is 0.225. The quantitative estimate of drug-likeness (QED) is 0.742. The highest BCUT2D eigenvalue weighted by atomic mass is 16.5. The molecule has 2 aliphatic rings. The summed E-state index contributed by atoms with van der Waals surface area (Å²) < 4.78 is 5.35. The minimum Gasteiger partial charge on any atom is -0.480 e. The molecular formula is C12H18N2O3. The Morgan fingerprint density at radius 1 is 1.53 bits per heavy atom. The normalized spacial score (nSPS) is 24.7. The molecule has 0 radical (unpaired) electrons. The van der Waals surface area contributed by atoms with Crippen LogP contribution in [-0.2, 0) is 9.53 Å². The highest BCUT2D eigenvalue weighted by Crippen LogP contribution is 2.50. The molecule has 0 aromatic rings. The molecule has 2 fully saturated rings. The Morgan fingerprint density at radius 3 is 2.65 bits per heavy atom. The van der Waals surface area contributed by atoms with Gasteiger partial charge in [0.2, 0.25) is 0 Å². The van der Waals surface area contributed by atoms with Gasteiger partial charge in [-0.05, 0) is 25.2 Å². The first-order valence-corrected chi connectivity index (χ1v) is 5.92. The smallest absolute Gasteiger partial charge is 0.329 e. The van der Waals surface area contributed by atoms with Crippen LogP contribution in [0.25, 0.3) is 0 Å². The third kappa shape index (κ3) is 2.96. The molecule has 1 saturated heterocycles. The standard InChI is InChI=1S/C12H18N2O3/c1-11(17-6-10(15)16)7-14(8-11)9-12(2-3-12)4-5-13/h2-4,6-9H2,1H3,(H,15,16). The number of rotatable bonds is 6. The van der Waals surface area contributed by atoms with Gasteiger partial charge in [-0.1, -0.05) is 0 Å². The largest absolute Gasteiger partial charge is 0.480 e. The molecule has 94 valence electrons. The Hall–Kier alpha value is -1.12. The van der Waals surface area contributed by atoms with Crippen LogP contribution >= 0.6 is 0 Å². The van der Waals surface area contributed by atoms with Gasteiger partial charge in [0.25, 0.3) is 0 Å². The minimum atomic E-state index is -0.923. The lowest BCUT2D eigenvalue weighted by Gasteiger charge is -2.48. The van der Waals surface area contributed by atoms with Crippen molar-refractivity contribution in [1.29, 1.82) is 5.26 Å². The third-order valence-corrected chi connectivity index (χ3v) is 3.63. The van der Waals surface area contributed by atoms with Crippen molar-refractivity contribution in [3.8, 4) is 6.07 Å². The number of hydrogen-bond donors (Lipinski definition) is 1. The highest BCUT2D eigenvalue weighted by molar-refractivity contribution is 5.68. The number of nitriles is 1. The Morgan fingerprint density at radius 2 is 2.18 bits per heavy atom. The first-order chi connectivity index (χ1) is 7.97. The van der Waals surface area contributed by atoms with Crippen molar-refractivity contribution in [2.75, 3.05) is 26.2 Å². The topological polar surface area (TPSA) is 73.6 Å². The van der Waals surface area contributed by atoms with Crippen molar-refractivity contribution in [3.63, 3.8) is 0 Å². The molecule has 0 bridgehead atoms. The molecule has 1 heterocycles. The van der Waals surface area contributed by atoms with Gasteiger partial charge in [-0.3, -0.25) is 4.90 Å². The lowest BCUT2D eigenvalue weighted by Crippen LogP contribution is -2.62. The highest BCUT2D eigenvalue weighted by Gasteiger charge is 2.48. The first-order valence-electron chi connectivity index (χ1n) is 5.92. The summed E-state index contributed by atoms with van der Waals surface area (Å²) in [6.07, 6.45) is 2.92. The van der Waals surface area contributed by atoms with Crippen LogP contribution in [0.4, 0.5) is 0 Å². The van der Waals surface area contributed by atoms with Gasteiger partial charge in [0.1, 0.15) is 6.61 Å². The van der Waals surface area contributed by atoms with Gasteiger partial charge in [-0.25, -0.2) is 4.79 Å². The van der Waals surface area contributed by atoms with Crippen molar-refractivity contribution in [2.24, 2.45) is 5.41 Å². The van der Waals surface area contributed by atoms with Gasteiger partial charge in [-0.15, -0.1) is 0 Å². The molecular weight excluding hydrogens is 220 g/mol. The van der Waals surface area contributed by atoms with Crippen LogP contribution in [0.5, 0.6) is 0 Å². The number of hydrogen-bond acceptors (Lipinski definition) is 4. The monoisotopic (exact) mass is 238 g/mol. The maximum absolute atomic E-state index is 10.4. The molecule has 1 saturated carbocycles. The number of ether oxygens (including phenoxy) is 1. The molecule has 0 aromatic heterocycles. The van der Waals surface area contributed by atoms with E-state index >= 15 is 0 Å². The molecule has 1 aliphatic carbocycles. The molecule has 17 heavy (non-hydrogen) atoms. The van der Waals surface area contributed by atoms with Crippen LogP contribution in [0.3, 0.4) is 0 Å². The SMILES string of the molecule is CC1(OCC(=O)O)CN(CC2(CC#N)CC2)C1. The lowest BCUT2D eigenvalue weighted by atomic mass is 9.92. The summed E-state index contributed by atoms with van der Waals surface area (Å²) in [4.78, 5) is 12.7. The number of carboxylic acids is 1. The number of likely N-dealkylation sites (tertiary alicyclic amines) is 1. The predicted octanol–water partition coefficient (Wildman–Crippen LogP) is 0.856. The van der Waals surface area contributed by atoms with E-state index in [-0.39, 0.29) is 17.6 Å². The van der Waals surface area contributed by atoms with Gasteiger partial charge in [0.05, 0.1) is 11.7 Å². The average Bonchev–Trinajstić information content (AvgIpc) is 2.93. The van der Waals surface area contributed by atoms with Crippen LogP contribution < -0.4 is 0 Å². The molecule has 5 nitrogen and oxygen atoms in total. The zero-order valence-corrected chi connectivity index (χ0v) is 10.1. The van der Waals surface area contributed by atoms with E-state index in [0.717, 1.165) is 32.5 Å². The van der Waals surface area contributed by atoms with Gasteiger partial charge < -0.3 is 9.84 Å². The predicted molar refractivity (Wildman–Crippen MR) is 60.3 cm³/mol. The van der Waals surface area contributed by atoms with E-state index in [1.54, 1.807) is 0 Å². The Labute approximate surface area is 101 Å². The van der Waals surface area contributed by atoms with Crippen LogP contribution in [-0.4, -0.2) is 47.8 Å². The fourth-order valence-corrected chi connectivity index (χ4v) is 2.55. The number of carbonyl (C=O) groups is 1. The zero-order valence-electron chi connectivity index (χ0n) is 10.1. The lowest BCUT2D eigenvalue weighted by molar-refractivity contribution is -0.166. The van der Waals surface area contributed by atoms with E-state index in [9.17, 15) is 4.79 Å². The summed E-state index contributed by atoms with van der Waals surface area (Å²) in [5.41, 5.74) is -0.0933. The maximum Gasteiger partial charge on any atom is 0.329 e. The Kier molecular flexibility index (Phi) is 3.11. The summed E-state index contributed by atoms with van der Waals surface area (Å²) in [6, 6.07) is 2.25.